The number of aryl methyl sites for hydroxylation is 1. The summed E-state index contributed by atoms with van der Waals surface area (Å²) in [7, 11) is 0. The Morgan fingerprint density at radius 1 is 1.82 bits per heavy atom. The fraction of sp³-hybridized carbons (Fsp3) is 0.333. The zero-order valence-electron chi connectivity index (χ0n) is 6.13. The first kappa shape index (κ1) is 9.01. The van der Waals surface area contributed by atoms with Gasteiger partial charge in [-0.1, -0.05) is 19.0 Å². The fourth-order valence-electron chi connectivity index (χ4n) is 0.587. The maximum atomic E-state index is 9.81. The van der Waals surface area contributed by atoms with E-state index in [0.29, 0.717) is 5.00 Å². The van der Waals surface area contributed by atoms with Crippen molar-refractivity contribution in [2.75, 3.05) is 0 Å². The molecule has 0 unspecified atom stereocenters. The van der Waals surface area contributed by atoms with Crippen molar-refractivity contribution in [3.8, 4) is 0 Å². The van der Waals surface area contributed by atoms with Crippen molar-refractivity contribution in [2.45, 2.75) is 13.3 Å². The molecule has 1 aromatic rings. The smallest absolute Gasteiger partial charge is 0.226 e. The molecule has 1 heterocycles. The second kappa shape index (κ2) is 3.93. The van der Waals surface area contributed by atoms with Crippen LogP contribution in [0.25, 0.3) is 0 Å². The van der Waals surface area contributed by atoms with E-state index >= 15 is 0 Å². The summed E-state index contributed by atoms with van der Waals surface area (Å²) in [5.41, 5.74) is 3.47. The summed E-state index contributed by atoms with van der Waals surface area (Å²) in [6, 6.07) is 0. The van der Waals surface area contributed by atoms with Crippen LogP contribution in [0.5, 0.6) is 0 Å². The van der Waals surface area contributed by atoms with Gasteiger partial charge in [0.05, 0.1) is 0 Å². The van der Waals surface area contributed by atoms with E-state index in [9.17, 15) is 4.79 Å². The second-order valence-electron chi connectivity index (χ2n) is 1.61. The number of hydrogen-bond acceptors (Lipinski definition) is 4. The fourth-order valence-corrected chi connectivity index (χ4v) is 1.22. The van der Waals surface area contributed by atoms with Gasteiger partial charge in [-0.15, -0.1) is 0 Å². The van der Waals surface area contributed by atoms with Gasteiger partial charge in [-0.25, -0.2) is 9.79 Å². The third kappa shape index (κ3) is 1.71. The van der Waals surface area contributed by atoms with Crippen LogP contribution in [0.4, 0.5) is 5.00 Å². The molecule has 0 radical (unpaired) electrons. The predicted octanol–water partition coefficient (Wildman–Crippen LogP) is 1.47. The number of hydrogen-bond donors (Lipinski definition) is 0. The van der Waals surface area contributed by atoms with Crippen molar-refractivity contribution in [2.24, 2.45) is 4.99 Å². The normalized spacial score (nSPS) is 8.09. The SMILES string of the molecule is CCc1n[c-]sc1N=C=O.[Rf]. The van der Waals surface area contributed by atoms with Crippen molar-refractivity contribution in [3.63, 3.8) is 0 Å². The maximum Gasteiger partial charge on any atom is 0.226 e. The predicted molar refractivity (Wildman–Crippen MR) is 38.1 cm³/mol. The first-order valence-corrected chi connectivity index (χ1v) is 3.63. The van der Waals surface area contributed by atoms with Crippen LogP contribution in [0.15, 0.2) is 4.99 Å². The van der Waals surface area contributed by atoms with E-state index < -0.39 is 0 Å². The van der Waals surface area contributed by atoms with E-state index in [1.54, 1.807) is 0 Å². The Kier molecular flexibility index (Phi) is 3.22. The molecule has 0 atom stereocenters. The van der Waals surface area contributed by atoms with E-state index in [4.69, 9.17) is 0 Å². The molecular formula is C6H5N2ORfS-. The van der Waals surface area contributed by atoms with Gasteiger partial charge in [0.25, 0.3) is 0 Å². The van der Waals surface area contributed by atoms with E-state index in [1.807, 2.05) is 6.92 Å². The molecule has 0 aliphatic heterocycles. The van der Waals surface area contributed by atoms with Crippen LogP contribution in [0.1, 0.15) is 12.6 Å². The van der Waals surface area contributed by atoms with Gasteiger partial charge in [-0.2, -0.15) is 0 Å². The Morgan fingerprint density at radius 3 is 3.09 bits per heavy atom. The minimum atomic E-state index is 0. The number of isocyanates is 1. The standard InChI is InChI=1S/C6H5N2OS.Rf/c1-2-5-6(7-3-9)10-4-8-5;/h2H2,1H3;/q-1;. The summed E-state index contributed by atoms with van der Waals surface area (Å²) in [5, 5.41) is 0.623. The van der Waals surface area contributed by atoms with Gasteiger partial charge < -0.3 is 4.98 Å². The van der Waals surface area contributed by atoms with Gasteiger partial charge >= 0.3 is 0 Å². The molecule has 5 heteroatoms. The van der Waals surface area contributed by atoms with Crippen LogP contribution in [0.2, 0.25) is 0 Å². The van der Waals surface area contributed by atoms with Crippen molar-refractivity contribution in [3.05, 3.63) is 11.2 Å². The van der Waals surface area contributed by atoms with Gasteiger partial charge in [-0.05, 0) is 10.5 Å². The summed E-state index contributed by atoms with van der Waals surface area (Å²) < 4.78 is 0. The summed E-state index contributed by atoms with van der Waals surface area (Å²) in [6.07, 6.45) is 2.25. The number of nitrogens with zero attached hydrogens (tertiary/aromatic N) is 2. The van der Waals surface area contributed by atoms with Crippen LogP contribution in [0.3, 0.4) is 0 Å². The summed E-state index contributed by atoms with van der Waals surface area (Å²) >= 11 is 1.23. The van der Waals surface area contributed by atoms with Gasteiger partial charge in [0.2, 0.25) is 6.08 Å². The zero-order chi connectivity index (χ0) is 7.40. The van der Waals surface area contributed by atoms with Gasteiger partial charge in [-0.3, -0.25) is 11.3 Å². The van der Waals surface area contributed by atoms with Crippen molar-refractivity contribution in [1.29, 1.82) is 0 Å². The molecule has 0 N–H and O–H groups in total. The number of aliphatic imine (C=N–C) groups is 1. The number of carbonyl (C=O) groups excluding carboxylic acids is 1. The first-order valence-electron chi connectivity index (χ1n) is 2.82. The number of thiazole rings is 1. The van der Waals surface area contributed by atoms with Gasteiger partial charge in [0, 0.05) is 0 Å². The van der Waals surface area contributed by atoms with Crippen LogP contribution in [-0.2, 0) is 11.2 Å². The molecule has 0 aromatic carbocycles. The molecule has 0 saturated carbocycles. The van der Waals surface area contributed by atoms with Gasteiger partial charge in [0.15, 0.2) is 0 Å². The van der Waals surface area contributed by atoms with Crippen molar-refractivity contribution < 1.29 is 4.79 Å². The third-order valence-corrected chi connectivity index (χ3v) is 1.75. The third-order valence-electron chi connectivity index (χ3n) is 1.05. The van der Waals surface area contributed by atoms with Crippen molar-refractivity contribution >= 4 is 22.4 Å². The summed E-state index contributed by atoms with van der Waals surface area (Å²) in [6.45, 7) is 1.95. The minimum Gasteiger partial charge on any atom is -0.389 e. The zero-order valence-corrected chi connectivity index (χ0v) is 13.3. The first-order chi connectivity index (χ1) is 4.88. The molecule has 3 nitrogen and oxygen atoms in total. The molecule has 11 heavy (non-hydrogen) atoms. The Morgan fingerprint density at radius 2 is 2.55 bits per heavy atom. The van der Waals surface area contributed by atoms with Crippen molar-refractivity contribution in [1.82, 2.24) is 4.98 Å². The van der Waals surface area contributed by atoms with E-state index in [1.165, 1.54) is 17.4 Å². The second-order valence-corrected chi connectivity index (χ2v) is 2.39. The maximum absolute atomic E-state index is 9.81. The molecule has 1 aromatic heterocycles. The van der Waals surface area contributed by atoms with Crippen LogP contribution in [0, 0.1) is 5.51 Å². The molecule has 0 amide bonds. The Hall–Kier alpha value is -1.99. The van der Waals surface area contributed by atoms with Crippen LogP contribution in [-0.4, -0.2) is 11.1 Å². The average Bonchev–Trinajstić information content (AvgIpc) is 2.36. The Bertz CT molecular complexity index is 267. The van der Waals surface area contributed by atoms with Gasteiger partial charge in [0.1, 0.15) is 0 Å². The quantitative estimate of drug-likeness (QED) is 0.414. The number of rotatable bonds is 2. The van der Waals surface area contributed by atoms with E-state index in [-0.39, 0.29) is 0 Å². The topological polar surface area (TPSA) is 42.3 Å². The molecular weight excluding hydrogens is 415 g/mol. The summed E-state index contributed by atoms with van der Waals surface area (Å²) in [5.74, 6) is 0. The molecule has 0 aliphatic rings. The molecule has 1 rings (SSSR count). The molecule has 0 spiro atoms. The molecule has 0 fully saturated rings. The van der Waals surface area contributed by atoms with Crippen LogP contribution >= 0.6 is 11.3 Å². The molecule has 0 saturated heterocycles. The largest absolute Gasteiger partial charge is 0.389 e. The van der Waals surface area contributed by atoms with E-state index in [0.717, 1.165) is 12.1 Å². The molecule has 0 aliphatic carbocycles. The van der Waals surface area contributed by atoms with Crippen LogP contribution < -0.4 is 0 Å². The number of aromatic nitrogens is 1. The monoisotopic (exact) mass is 420 g/mol. The Balaban J connectivity index is 0.000001000. The summed E-state index contributed by atoms with van der Waals surface area (Å²) in [4.78, 5) is 17.1. The van der Waals surface area contributed by atoms with E-state index in [2.05, 4.69) is 15.5 Å². The molecule has 0 bridgehead atoms. The minimum absolute atomic E-state index is 0. The Labute approximate surface area is 62.4 Å². The average molecular weight is 420 g/mol. The molecule has 54 valence electrons.